The number of thiophene rings is 1. The van der Waals surface area contributed by atoms with Gasteiger partial charge in [0.15, 0.2) is 5.71 Å². The molecule has 0 aliphatic carbocycles. The second kappa shape index (κ2) is 12.6. The number of thioether (sulfide) groups is 1. The number of carboxylic acid groups (broad SMARTS) is 1. The Kier molecular flexibility index (Phi) is 8.40. The molecule has 2 aliphatic rings. The smallest absolute Gasteiger partial charge is 0.352 e. The third-order valence-corrected chi connectivity index (χ3v) is 10.1. The highest BCUT2D eigenvalue weighted by atomic mass is 32.2. The number of esters is 1. The van der Waals surface area contributed by atoms with Crippen molar-refractivity contribution in [3.8, 4) is 9.88 Å². The van der Waals surface area contributed by atoms with Gasteiger partial charge in [0.05, 0.1) is 23.4 Å². The number of aromatic nitrogens is 4. The summed E-state index contributed by atoms with van der Waals surface area (Å²) in [5, 5.41) is 25.2. The van der Waals surface area contributed by atoms with Gasteiger partial charge in [0.2, 0.25) is 11.6 Å². The number of hydrogen-bond donors (Lipinski definition) is 3. The summed E-state index contributed by atoms with van der Waals surface area (Å²) < 4.78 is 7.63. The normalized spacial score (nSPS) is 18.2. The zero-order chi connectivity index (χ0) is 30.8. The predicted octanol–water partition coefficient (Wildman–Crippen LogP) is 1.76. The number of β-lactam (4-membered cyclic amide) rings is 1. The first kappa shape index (κ1) is 29.5. The number of aromatic amines is 1. The molecular formula is C27H24N7O7S3+. The van der Waals surface area contributed by atoms with E-state index in [0.717, 1.165) is 20.2 Å². The Bertz CT molecular complexity index is 1800. The third kappa shape index (κ3) is 5.68. The lowest BCUT2D eigenvalue weighted by molar-refractivity contribution is -0.664. The summed E-state index contributed by atoms with van der Waals surface area (Å²) in [4.78, 5) is 62.7. The fraction of sp³-hybridized carbons (Fsp3) is 0.259. The number of oxime groups is 1. The number of rotatable bonds is 11. The van der Waals surface area contributed by atoms with Crippen LogP contribution in [0.5, 0.6) is 0 Å². The molecule has 0 aromatic carbocycles. The molecule has 2 amide bonds. The van der Waals surface area contributed by atoms with Crippen LogP contribution in [-0.4, -0.2) is 85.0 Å². The highest BCUT2D eigenvalue weighted by molar-refractivity contribution is 8.00. The van der Waals surface area contributed by atoms with Crippen LogP contribution in [0.3, 0.4) is 0 Å². The van der Waals surface area contributed by atoms with Crippen LogP contribution in [0.2, 0.25) is 0 Å². The largest absolute Gasteiger partial charge is 0.477 e. The molecule has 1 fully saturated rings. The highest BCUT2D eigenvalue weighted by Crippen LogP contribution is 2.40. The van der Waals surface area contributed by atoms with E-state index < -0.39 is 41.8 Å². The minimum atomic E-state index is -1.24. The molecule has 4 aromatic rings. The van der Waals surface area contributed by atoms with E-state index in [1.54, 1.807) is 29.6 Å². The van der Waals surface area contributed by atoms with Crippen LogP contribution in [0.15, 0.2) is 64.5 Å². The number of fused-ring (bicyclic) bond motifs is 2. The number of carbonyl (C=O) groups excluding carboxylic acids is 3. The molecule has 2 atom stereocenters. The van der Waals surface area contributed by atoms with Gasteiger partial charge in [0.25, 0.3) is 11.8 Å². The fourth-order valence-electron chi connectivity index (χ4n) is 4.75. The quantitative estimate of drug-likeness (QED) is 0.0709. The summed E-state index contributed by atoms with van der Waals surface area (Å²) in [6.45, 7) is 1.50. The number of hydrogen-bond acceptors (Lipinski definition) is 12. The molecule has 44 heavy (non-hydrogen) atoms. The van der Waals surface area contributed by atoms with Crippen molar-refractivity contribution in [2.24, 2.45) is 5.16 Å². The Morgan fingerprint density at radius 2 is 2.14 bits per heavy atom. The van der Waals surface area contributed by atoms with Gasteiger partial charge in [-0.05, 0) is 41.6 Å². The number of pyridine rings is 1. The molecule has 1 unspecified atom stereocenters. The summed E-state index contributed by atoms with van der Waals surface area (Å²) in [5.41, 5.74) is 1.11. The molecule has 6 heterocycles. The Morgan fingerprint density at radius 3 is 2.86 bits per heavy atom. The molecule has 1 saturated heterocycles. The third-order valence-electron chi connectivity index (χ3n) is 6.66. The Hall–Kier alpha value is -4.61. The first-order valence-corrected chi connectivity index (χ1v) is 16.0. The first-order valence-electron chi connectivity index (χ1n) is 13.2. The van der Waals surface area contributed by atoms with Crippen LogP contribution in [0.4, 0.5) is 0 Å². The number of carboxylic acids is 1. The second-order valence-corrected chi connectivity index (χ2v) is 12.5. The number of nitrogens with one attached hydrogen (secondary N) is 2. The molecule has 0 radical (unpaired) electrons. The van der Waals surface area contributed by atoms with Crippen molar-refractivity contribution in [1.29, 1.82) is 0 Å². The van der Waals surface area contributed by atoms with E-state index in [2.05, 4.69) is 20.7 Å². The topological polar surface area (TPSA) is 180 Å². The molecule has 0 spiro atoms. The monoisotopic (exact) mass is 654 g/mol. The lowest BCUT2D eigenvalue weighted by atomic mass is 10.0. The van der Waals surface area contributed by atoms with Gasteiger partial charge in [0, 0.05) is 17.5 Å². The van der Waals surface area contributed by atoms with E-state index in [-0.39, 0.29) is 30.3 Å². The average Bonchev–Trinajstić information content (AvgIpc) is 3.80. The average molecular weight is 655 g/mol. The Labute approximate surface area is 261 Å². The lowest BCUT2D eigenvalue weighted by Gasteiger charge is -2.49. The number of aliphatic carboxylic acids is 1. The SMILES string of the molecule is CCOC(=O)CON=C(C(=O)NC1C(=O)N2C(C(=O)O)=C(C[n+]3cccc4sc(-c5cccs5)nc43)CS[C@@H]12)c1ccn[nH]1. The zero-order valence-corrected chi connectivity index (χ0v) is 25.4. The lowest BCUT2D eigenvalue weighted by Crippen LogP contribution is -2.71. The molecule has 3 N–H and O–H groups in total. The maximum atomic E-state index is 13.3. The van der Waals surface area contributed by atoms with E-state index in [9.17, 15) is 24.3 Å². The summed E-state index contributed by atoms with van der Waals surface area (Å²) in [6.07, 6.45) is 3.24. The first-order chi connectivity index (χ1) is 21.4. The predicted molar refractivity (Wildman–Crippen MR) is 161 cm³/mol. The van der Waals surface area contributed by atoms with Crippen molar-refractivity contribution in [2.75, 3.05) is 19.0 Å². The maximum Gasteiger partial charge on any atom is 0.352 e. The Morgan fingerprint density at radius 1 is 1.27 bits per heavy atom. The molecule has 4 aromatic heterocycles. The van der Waals surface area contributed by atoms with Gasteiger partial charge < -0.3 is 20.0 Å². The summed E-state index contributed by atoms with van der Waals surface area (Å²) in [5.74, 6) is -2.92. The van der Waals surface area contributed by atoms with Crippen molar-refractivity contribution in [3.63, 3.8) is 0 Å². The number of H-pyrrole nitrogens is 1. The van der Waals surface area contributed by atoms with E-state index in [4.69, 9.17) is 14.6 Å². The van der Waals surface area contributed by atoms with Crippen LogP contribution in [0.25, 0.3) is 20.2 Å². The standard InChI is InChI=1S/C27H23N7O7S3/c1-2-40-18(35)12-41-32-19(15-7-8-28-31-15)23(36)29-20-25(37)34-21(27(38)39)14(13-43-26(20)34)11-33-9-3-5-16-22(33)30-24(44-16)17-6-4-10-42-17/h3-10,20,26H,2,11-13H2,1H3,(H2-,28,29,31,32,36,38,39)/p+1/t20?,26-/m0/s1. The van der Waals surface area contributed by atoms with E-state index in [1.807, 2.05) is 40.4 Å². The number of amides is 2. The summed E-state index contributed by atoms with van der Waals surface area (Å²) in [7, 11) is 0. The molecule has 2 aliphatic heterocycles. The van der Waals surface area contributed by atoms with Gasteiger partial charge in [-0.3, -0.25) is 19.6 Å². The molecule has 17 heteroatoms. The maximum absolute atomic E-state index is 13.3. The summed E-state index contributed by atoms with van der Waals surface area (Å²) >= 11 is 4.50. The van der Waals surface area contributed by atoms with Crippen LogP contribution in [0, 0.1) is 0 Å². The van der Waals surface area contributed by atoms with Crippen molar-refractivity contribution < 1.29 is 38.4 Å². The molecule has 226 valence electrons. The summed E-state index contributed by atoms with van der Waals surface area (Å²) in [6, 6.07) is 8.27. The number of carbonyl (C=O) groups is 4. The molecule has 14 nitrogen and oxygen atoms in total. The highest BCUT2D eigenvalue weighted by Gasteiger charge is 2.54. The van der Waals surface area contributed by atoms with Crippen molar-refractivity contribution in [1.82, 2.24) is 25.4 Å². The van der Waals surface area contributed by atoms with Crippen LogP contribution in [-0.2, 0) is 35.3 Å². The van der Waals surface area contributed by atoms with Gasteiger partial charge in [0.1, 0.15) is 28.4 Å². The van der Waals surface area contributed by atoms with Crippen molar-refractivity contribution in [3.05, 3.63) is 65.1 Å². The molecule has 0 saturated carbocycles. The van der Waals surface area contributed by atoms with Gasteiger partial charge in [-0.1, -0.05) is 22.6 Å². The van der Waals surface area contributed by atoms with Gasteiger partial charge in [-0.2, -0.15) is 5.10 Å². The molecule has 6 rings (SSSR count). The van der Waals surface area contributed by atoms with Gasteiger partial charge in [-0.25, -0.2) is 14.2 Å². The minimum Gasteiger partial charge on any atom is -0.477 e. The van der Waals surface area contributed by atoms with Crippen molar-refractivity contribution >= 4 is 74.2 Å². The fourth-order valence-corrected chi connectivity index (χ4v) is 7.87. The number of ether oxygens (including phenoxy) is 1. The number of nitrogens with zero attached hydrogens (tertiary/aromatic N) is 5. The van der Waals surface area contributed by atoms with Crippen LogP contribution in [0.1, 0.15) is 12.6 Å². The van der Waals surface area contributed by atoms with Gasteiger partial charge in [-0.15, -0.1) is 23.1 Å². The number of thiazole rings is 1. The van der Waals surface area contributed by atoms with E-state index >= 15 is 0 Å². The van der Waals surface area contributed by atoms with E-state index in [0.29, 0.717) is 11.3 Å². The minimum absolute atomic E-state index is 0.109. The zero-order valence-electron chi connectivity index (χ0n) is 23.0. The second-order valence-electron chi connectivity index (χ2n) is 9.43. The van der Waals surface area contributed by atoms with Crippen LogP contribution < -0.4 is 9.88 Å². The van der Waals surface area contributed by atoms with Crippen molar-refractivity contribution in [2.45, 2.75) is 24.9 Å². The Balaban J connectivity index is 1.20. The molecular weight excluding hydrogens is 631 g/mol. The molecule has 0 bridgehead atoms. The van der Waals surface area contributed by atoms with E-state index in [1.165, 1.54) is 28.9 Å². The van der Waals surface area contributed by atoms with Gasteiger partial charge >= 0.3 is 17.6 Å². The van der Waals surface area contributed by atoms with Crippen LogP contribution >= 0.6 is 34.4 Å².